The molecule has 4 nitrogen and oxygen atoms in total. The van der Waals surface area contributed by atoms with Gasteiger partial charge in [-0.15, -0.1) is 0 Å². The molecule has 5 aliphatic rings. The maximum atomic E-state index is 13.7. The van der Waals surface area contributed by atoms with Crippen LogP contribution in [0.25, 0.3) is 0 Å². The highest BCUT2D eigenvalue weighted by atomic mass is 19.4. The molecule has 2 unspecified atom stereocenters. The molecule has 6 rings (SSSR count). The Labute approximate surface area is 188 Å². The number of hydrogen-bond acceptors (Lipinski definition) is 3. The number of nitrogens with two attached hydrogens (primary N) is 1. The minimum Gasteiger partial charge on any atom is -0.353 e. The highest BCUT2D eigenvalue weighted by Crippen LogP contribution is 2.62. The van der Waals surface area contributed by atoms with Gasteiger partial charge in [-0.2, -0.15) is 13.2 Å². The Balaban J connectivity index is 1.40. The van der Waals surface area contributed by atoms with Gasteiger partial charge in [0.15, 0.2) is 0 Å². The fourth-order valence-electron chi connectivity index (χ4n) is 7.44. The molecule has 2 heterocycles. The van der Waals surface area contributed by atoms with Crippen LogP contribution in [0.15, 0.2) is 30.3 Å². The van der Waals surface area contributed by atoms with E-state index in [1.807, 2.05) is 18.2 Å². The maximum Gasteiger partial charge on any atom is 0.390 e. The Bertz CT molecular complexity index is 819. The van der Waals surface area contributed by atoms with Gasteiger partial charge < -0.3 is 11.1 Å². The van der Waals surface area contributed by atoms with Crippen molar-refractivity contribution in [2.45, 2.75) is 100.0 Å². The van der Waals surface area contributed by atoms with Crippen molar-refractivity contribution >= 4 is 5.91 Å². The lowest BCUT2D eigenvalue weighted by Gasteiger charge is -2.65. The highest BCUT2D eigenvalue weighted by molar-refractivity contribution is 5.84. The van der Waals surface area contributed by atoms with Gasteiger partial charge in [0.2, 0.25) is 5.91 Å². The molecule has 2 atom stereocenters. The van der Waals surface area contributed by atoms with Crippen molar-refractivity contribution in [3.05, 3.63) is 35.9 Å². The summed E-state index contributed by atoms with van der Waals surface area (Å²) in [5.74, 6) is 0.128. The van der Waals surface area contributed by atoms with Gasteiger partial charge in [-0.05, 0) is 68.8 Å². The number of nitrogens with one attached hydrogen (secondary N) is 1. The van der Waals surface area contributed by atoms with Crippen molar-refractivity contribution in [1.29, 1.82) is 0 Å². The number of rotatable bonds is 5. The topological polar surface area (TPSA) is 58.4 Å². The van der Waals surface area contributed by atoms with Crippen LogP contribution >= 0.6 is 0 Å². The van der Waals surface area contributed by atoms with Crippen LogP contribution in [-0.2, 0) is 10.2 Å². The van der Waals surface area contributed by atoms with Gasteiger partial charge in [-0.1, -0.05) is 30.3 Å². The minimum absolute atomic E-state index is 0.0318. The van der Waals surface area contributed by atoms with Crippen LogP contribution in [0.5, 0.6) is 0 Å². The number of nitrogens with zero attached hydrogens (tertiary/aromatic N) is 1. The Kier molecular flexibility index (Phi) is 5.56. The third kappa shape index (κ3) is 4.07. The summed E-state index contributed by atoms with van der Waals surface area (Å²) in [5.41, 5.74) is 6.68. The van der Waals surface area contributed by atoms with Gasteiger partial charge in [0.05, 0.1) is 11.8 Å². The third-order valence-electron chi connectivity index (χ3n) is 8.75. The lowest BCUT2D eigenvalue weighted by Crippen LogP contribution is -2.69. The monoisotopic (exact) mass is 449 g/mol. The summed E-state index contributed by atoms with van der Waals surface area (Å²) in [7, 11) is 0. The number of carbonyl (C=O) groups excluding carboxylic acids is 1. The van der Waals surface area contributed by atoms with E-state index in [2.05, 4.69) is 22.3 Å². The summed E-state index contributed by atoms with van der Waals surface area (Å²) in [6.07, 6.45) is 2.61. The zero-order valence-electron chi connectivity index (χ0n) is 18.5. The van der Waals surface area contributed by atoms with Crippen LogP contribution in [-0.4, -0.2) is 47.7 Å². The van der Waals surface area contributed by atoms with E-state index in [0.29, 0.717) is 12.8 Å². The van der Waals surface area contributed by atoms with E-state index in [1.54, 1.807) is 0 Å². The zero-order valence-corrected chi connectivity index (χ0v) is 18.5. The van der Waals surface area contributed by atoms with Crippen molar-refractivity contribution in [1.82, 2.24) is 10.2 Å². The molecule has 3 N–H and O–H groups in total. The summed E-state index contributed by atoms with van der Waals surface area (Å²) >= 11 is 0. The predicted molar refractivity (Wildman–Crippen MR) is 117 cm³/mol. The fraction of sp³-hybridized carbons (Fsp3) is 0.720. The van der Waals surface area contributed by atoms with Crippen LogP contribution < -0.4 is 11.1 Å². The first kappa shape index (κ1) is 22.2. The molecule has 2 aliphatic heterocycles. The van der Waals surface area contributed by atoms with Crippen molar-refractivity contribution in [3.63, 3.8) is 0 Å². The fourth-order valence-corrected chi connectivity index (χ4v) is 7.44. The zero-order chi connectivity index (χ0) is 22.6. The second-order valence-corrected chi connectivity index (χ2v) is 10.9. The molecule has 1 aromatic carbocycles. The van der Waals surface area contributed by atoms with Crippen molar-refractivity contribution in [3.8, 4) is 0 Å². The molecule has 4 bridgehead atoms. The van der Waals surface area contributed by atoms with E-state index in [9.17, 15) is 18.0 Å². The van der Waals surface area contributed by atoms with Gasteiger partial charge in [-0.25, -0.2) is 0 Å². The molecule has 1 aromatic rings. The molecule has 3 aliphatic carbocycles. The van der Waals surface area contributed by atoms with Crippen LogP contribution in [0.1, 0.15) is 69.8 Å². The van der Waals surface area contributed by atoms with Crippen molar-refractivity contribution in [2.24, 2.45) is 11.1 Å². The Morgan fingerprint density at radius 2 is 1.66 bits per heavy atom. The largest absolute Gasteiger partial charge is 0.390 e. The Hall–Kier alpha value is -1.60. The molecular formula is C25H34F3N3O. The first-order valence-electron chi connectivity index (χ1n) is 12.1. The average Bonchev–Trinajstić information content (AvgIpc) is 2.74. The van der Waals surface area contributed by atoms with Crippen LogP contribution in [0, 0.1) is 5.41 Å². The number of benzene rings is 1. The third-order valence-corrected chi connectivity index (χ3v) is 8.75. The van der Waals surface area contributed by atoms with Gasteiger partial charge in [0, 0.05) is 30.7 Å². The summed E-state index contributed by atoms with van der Waals surface area (Å²) in [5, 5.41) is 3.34. The molecule has 176 valence electrons. The molecule has 32 heavy (non-hydrogen) atoms. The molecule has 7 heteroatoms. The lowest BCUT2D eigenvalue weighted by molar-refractivity contribution is -0.172. The molecule has 0 aromatic heterocycles. The molecule has 0 spiro atoms. The van der Waals surface area contributed by atoms with E-state index in [-0.39, 0.29) is 42.0 Å². The predicted octanol–water partition coefficient (Wildman–Crippen LogP) is 4.28. The first-order valence-corrected chi connectivity index (χ1v) is 12.1. The molecule has 0 radical (unpaired) electrons. The summed E-state index contributed by atoms with van der Waals surface area (Å²) in [6.45, 7) is 0.0436. The maximum absolute atomic E-state index is 13.7. The average molecular weight is 450 g/mol. The molecule has 5 fully saturated rings. The molecule has 1 amide bonds. The number of carbonyl (C=O) groups is 1. The summed E-state index contributed by atoms with van der Waals surface area (Å²) in [6, 6.07) is 10.8. The van der Waals surface area contributed by atoms with E-state index >= 15 is 0 Å². The second-order valence-electron chi connectivity index (χ2n) is 10.9. The Morgan fingerprint density at radius 3 is 2.25 bits per heavy atom. The number of alkyl halides is 3. The van der Waals surface area contributed by atoms with Crippen LogP contribution in [0.4, 0.5) is 13.2 Å². The lowest BCUT2D eigenvalue weighted by atomic mass is 9.47. The van der Waals surface area contributed by atoms with Crippen molar-refractivity contribution in [2.75, 3.05) is 6.54 Å². The van der Waals surface area contributed by atoms with E-state index in [1.165, 1.54) is 5.56 Å². The number of hydrogen-bond donors (Lipinski definition) is 2. The van der Waals surface area contributed by atoms with Gasteiger partial charge in [-0.3, -0.25) is 9.69 Å². The Morgan fingerprint density at radius 1 is 1.03 bits per heavy atom. The van der Waals surface area contributed by atoms with Crippen LogP contribution in [0.2, 0.25) is 0 Å². The molecular weight excluding hydrogens is 415 g/mol. The standard InChI is InChI=1S/C25H34F3N3O/c26-25(27,28)10-11-31-20-12-23(17-4-2-1-3-5-17)13-21(31)15-24(14-20,16-23)22(32)30-19-8-6-18(29)7-9-19/h1-5,18-21H,6-16,29H2,(H,30,32)/t18-,19-,20?,21?,23?,24?. The SMILES string of the molecule is N[C@H]1CC[C@H](NC(=O)C23CC4CC(c5ccccc5)(CC(C2)N4CCC(F)(F)F)C3)CC1. The van der Waals surface area contributed by atoms with E-state index in [4.69, 9.17) is 5.73 Å². The molecule has 2 saturated heterocycles. The normalized spacial score (nSPS) is 39.2. The summed E-state index contributed by atoms with van der Waals surface area (Å²) in [4.78, 5) is 15.8. The summed E-state index contributed by atoms with van der Waals surface area (Å²) < 4.78 is 39.0. The van der Waals surface area contributed by atoms with E-state index in [0.717, 1.165) is 44.9 Å². The van der Waals surface area contributed by atoms with Crippen molar-refractivity contribution < 1.29 is 18.0 Å². The van der Waals surface area contributed by atoms with Gasteiger partial charge in [0.1, 0.15) is 0 Å². The highest BCUT2D eigenvalue weighted by Gasteiger charge is 2.63. The minimum atomic E-state index is -4.15. The second kappa shape index (κ2) is 8.01. The first-order chi connectivity index (χ1) is 15.2. The smallest absolute Gasteiger partial charge is 0.353 e. The van der Waals surface area contributed by atoms with E-state index < -0.39 is 18.0 Å². The van der Waals surface area contributed by atoms with Gasteiger partial charge >= 0.3 is 6.18 Å². The quantitative estimate of drug-likeness (QED) is 0.706. The van der Waals surface area contributed by atoms with Gasteiger partial charge in [0.25, 0.3) is 0 Å². The number of halogens is 3. The van der Waals surface area contributed by atoms with Crippen LogP contribution in [0.3, 0.4) is 0 Å². The number of piperidine rings is 2. The molecule has 3 saturated carbocycles. The number of amides is 1.